The summed E-state index contributed by atoms with van der Waals surface area (Å²) in [6.45, 7) is 8.48. The van der Waals surface area contributed by atoms with E-state index in [1.165, 1.54) is 36.8 Å². The monoisotopic (exact) mass is 190 g/mol. The molecule has 0 heterocycles. The van der Waals surface area contributed by atoms with Gasteiger partial charge in [-0.1, -0.05) is 26.0 Å². The van der Waals surface area contributed by atoms with Crippen LogP contribution in [0, 0.1) is 13.8 Å². The standard InChI is InChI=1S/C12H16.C2H6/c1-9-7-8-11-5-3-4-6-12(11)10(9)2;1-2/h7-8H,3-6H2,1-2H3;1-2H3. The van der Waals surface area contributed by atoms with Crippen molar-refractivity contribution in [2.45, 2.75) is 53.4 Å². The summed E-state index contributed by atoms with van der Waals surface area (Å²) in [6.07, 6.45) is 5.38. The van der Waals surface area contributed by atoms with Gasteiger partial charge in [0.25, 0.3) is 0 Å². The molecule has 0 aliphatic heterocycles. The molecule has 0 fully saturated rings. The van der Waals surface area contributed by atoms with Crippen LogP contribution in [-0.4, -0.2) is 0 Å². The molecular weight excluding hydrogens is 168 g/mol. The van der Waals surface area contributed by atoms with Gasteiger partial charge in [0.1, 0.15) is 0 Å². The van der Waals surface area contributed by atoms with Crippen LogP contribution in [-0.2, 0) is 12.8 Å². The first kappa shape index (κ1) is 11.3. The minimum absolute atomic E-state index is 1.30. The van der Waals surface area contributed by atoms with Gasteiger partial charge in [0.2, 0.25) is 0 Å². The van der Waals surface area contributed by atoms with Crippen LogP contribution in [0.15, 0.2) is 12.1 Å². The molecule has 0 bridgehead atoms. The molecule has 1 aromatic rings. The molecule has 0 unspecified atom stereocenters. The van der Waals surface area contributed by atoms with Crippen molar-refractivity contribution in [3.05, 3.63) is 34.4 Å². The van der Waals surface area contributed by atoms with Gasteiger partial charge in [-0.2, -0.15) is 0 Å². The summed E-state index contributed by atoms with van der Waals surface area (Å²) in [5.41, 5.74) is 6.23. The molecule has 0 saturated heterocycles. The lowest BCUT2D eigenvalue weighted by Crippen LogP contribution is -2.05. The van der Waals surface area contributed by atoms with E-state index in [4.69, 9.17) is 0 Å². The average Bonchev–Trinajstić information content (AvgIpc) is 2.27. The van der Waals surface area contributed by atoms with Gasteiger partial charge in [-0.15, -0.1) is 0 Å². The topological polar surface area (TPSA) is 0 Å². The minimum Gasteiger partial charge on any atom is -0.0683 e. The second-order valence-electron chi connectivity index (χ2n) is 3.85. The molecule has 0 N–H and O–H groups in total. The fraction of sp³-hybridized carbons (Fsp3) is 0.571. The van der Waals surface area contributed by atoms with E-state index in [1.807, 2.05) is 13.8 Å². The minimum atomic E-state index is 1.30. The van der Waals surface area contributed by atoms with Crippen molar-refractivity contribution in [3.63, 3.8) is 0 Å². The lowest BCUT2D eigenvalue weighted by molar-refractivity contribution is 0.681. The smallest absolute Gasteiger partial charge is 0.0273 e. The van der Waals surface area contributed by atoms with Gasteiger partial charge in [-0.05, 0) is 61.8 Å². The third-order valence-corrected chi connectivity index (χ3v) is 3.09. The van der Waals surface area contributed by atoms with Gasteiger partial charge in [0, 0.05) is 0 Å². The Morgan fingerprint density at radius 1 is 0.929 bits per heavy atom. The Balaban J connectivity index is 0.000000461. The van der Waals surface area contributed by atoms with Crippen molar-refractivity contribution >= 4 is 0 Å². The highest BCUT2D eigenvalue weighted by molar-refractivity contribution is 5.40. The first-order valence-corrected chi connectivity index (χ1v) is 5.87. The van der Waals surface area contributed by atoms with Crippen molar-refractivity contribution in [2.75, 3.05) is 0 Å². The first-order chi connectivity index (χ1) is 6.79. The fourth-order valence-electron chi connectivity index (χ4n) is 2.13. The van der Waals surface area contributed by atoms with Crippen LogP contribution in [0.3, 0.4) is 0 Å². The Morgan fingerprint density at radius 3 is 2.29 bits per heavy atom. The largest absolute Gasteiger partial charge is 0.0683 e. The molecule has 0 radical (unpaired) electrons. The summed E-state index contributed by atoms with van der Waals surface area (Å²) in [7, 11) is 0. The third-order valence-electron chi connectivity index (χ3n) is 3.09. The van der Waals surface area contributed by atoms with E-state index in [0.717, 1.165) is 0 Å². The van der Waals surface area contributed by atoms with Crippen molar-refractivity contribution in [3.8, 4) is 0 Å². The zero-order valence-corrected chi connectivity index (χ0v) is 9.98. The summed E-state index contributed by atoms with van der Waals surface area (Å²) in [4.78, 5) is 0. The van der Waals surface area contributed by atoms with E-state index in [-0.39, 0.29) is 0 Å². The van der Waals surface area contributed by atoms with E-state index in [2.05, 4.69) is 26.0 Å². The van der Waals surface area contributed by atoms with Crippen molar-refractivity contribution in [1.82, 2.24) is 0 Å². The highest BCUT2D eigenvalue weighted by Crippen LogP contribution is 2.25. The van der Waals surface area contributed by atoms with Crippen LogP contribution in [0.2, 0.25) is 0 Å². The van der Waals surface area contributed by atoms with Gasteiger partial charge in [-0.3, -0.25) is 0 Å². The Bertz CT molecular complexity index is 297. The molecule has 0 aromatic heterocycles. The van der Waals surface area contributed by atoms with Gasteiger partial charge in [-0.25, -0.2) is 0 Å². The highest BCUT2D eigenvalue weighted by Gasteiger charge is 2.11. The zero-order chi connectivity index (χ0) is 10.6. The van der Waals surface area contributed by atoms with Crippen molar-refractivity contribution in [1.29, 1.82) is 0 Å². The number of rotatable bonds is 0. The lowest BCUT2D eigenvalue weighted by atomic mass is 9.87. The molecule has 0 nitrogen and oxygen atoms in total. The maximum absolute atomic E-state index is 2.32. The van der Waals surface area contributed by atoms with E-state index < -0.39 is 0 Å². The first-order valence-electron chi connectivity index (χ1n) is 5.87. The van der Waals surface area contributed by atoms with E-state index in [9.17, 15) is 0 Å². The molecule has 0 spiro atoms. The van der Waals surface area contributed by atoms with Crippen LogP contribution in [0.4, 0.5) is 0 Å². The van der Waals surface area contributed by atoms with Crippen LogP contribution >= 0.6 is 0 Å². The number of aryl methyl sites for hydroxylation is 2. The Kier molecular flexibility index (Phi) is 4.19. The van der Waals surface area contributed by atoms with Gasteiger partial charge in [0.05, 0.1) is 0 Å². The second-order valence-corrected chi connectivity index (χ2v) is 3.85. The molecule has 14 heavy (non-hydrogen) atoms. The molecule has 78 valence electrons. The summed E-state index contributed by atoms with van der Waals surface area (Å²) < 4.78 is 0. The Morgan fingerprint density at radius 2 is 1.57 bits per heavy atom. The predicted octanol–water partition coefficient (Wildman–Crippen LogP) is 4.21. The fourth-order valence-corrected chi connectivity index (χ4v) is 2.13. The molecular formula is C14H22. The molecule has 0 atom stereocenters. The Labute approximate surface area is 88.4 Å². The number of fused-ring (bicyclic) bond motifs is 1. The zero-order valence-electron chi connectivity index (χ0n) is 9.98. The summed E-state index contributed by atoms with van der Waals surface area (Å²) in [5.74, 6) is 0. The highest BCUT2D eigenvalue weighted by atomic mass is 14.2. The normalized spacial score (nSPS) is 14.0. The molecule has 0 amide bonds. The summed E-state index contributed by atoms with van der Waals surface area (Å²) in [5, 5.41) is 0. The van der Waals surface area contributed by atoms with Gasteiger partial charge in [0.15, 0.2) is 0 Å². The maximum Gasteiger partial charge on any atom is -0.0273 e. The molecule has 0 heteroatoms. The lowest BCUT2D eigenvalue weighted by Gasteiger charge is -2.19. The van der Waals surface area contributed by atoms with Gasteiger partial charge < -0.3 is 0 Å². The molecule has 1 aromatic carbocycles. The van der Waals surface area contributed by atoms with Crippen molar-refractivity contribution < 1.29 is 0 Å². The maximum atomic E-state index is 2.32. The molecule has 1 aliphatic rings. The van der Waals surface area contributed by atoms with E-state index in [0.29, 0.717) is 0 Å². The average molecular weight is 190 g/mol. The van der Waals surface area contributed by atoms with Crippen LogP contribution < -0.4 is 0 Å². The quantitative estimate of drug-likeness (QED) is 0.575. The van der Waals surface area contributed by atoms with Crippen LogP contribution in [0.1, 0.15) is 48.9 Å². The number of hydrogen-bond donors (Lipinski definition) is 0. The summed E-state index contributed by atoms with van der Waals surface area (Å²) >= 11 is 0. The predicted molar refractivity (Wildman–Crippen MR) is 63.9 cm³/mol. The number of benzene rings is 1. The van der Waals surface area contributed by atoms with E-state index in [1.54, 1.807) is 11.1 Å². The molecule has 0 saturated carbocycles. The molecule has 1 aliphatic carbocycles. The summed E-state index contributed by atoms with van der Waals surface area (Å²) in [6, 6.07) is 4.58. The van der Waals surface area contributed by atoms with Gasteiger partial charge >= 0.3 is 0 Å². The Hall–Kier alpha value is -0.780. The second kappa shape index (κ2) is 5.19. The van der Waals surface area contributed by atoms with Crippen LogP contribution in [0.5, 0.6) is 0 Å². The third kappa shape index (κ3) is 2.17. The SMILES string of the molecule is CC.Cc1ccc2c(c1C)CCCC2. The number of hydrogen-bond acceptors (Lipinski definition) is 0. The van der Waals surface area contributed by atoms with Crippen molar-refractivity contribution in [2.24, 2.45) is 0 Å². The molecule has 2 rings (SSSR count). The van der Waals surface area contributed by atoms with Crippen LogP contribution in [0.25, 0.3) is 0 Å². The van der Waals surface area contributed by atoms with E-state index >= 15 is 0 Å².